The van der Waals surface area contributed by atoms with Crippen LogP contribution in [0, 0.1) is 0 Å². The number of carbonyl (C=O) groups excluding carboxylic acids is 4. The Balaban J connectivity index is 2.11. The predicted molar refractivity (Wildman–Crippen MR) is 118 cm³/mol. The maximum Gasteiger partial charge on any atom is 0.310 e. The van der Waals surface area contributed by atoms with Gasteiger partial charge < -0.3 is 9.47 Å². The van der Waals surface area contributed by atoms with E-state index in [0.717, 1.165) is 5.56 Å². The topological polar surface area (TPSA) is 86.7 Å². The molecule has 0 radical (unpaired) electrons. The molecule has 4 rings (SSSR count). The van der Waals surface area contributed by atoms with Gasteiger partial charge in [0.1, 0.15) is 0 Å². The van der Waals surface area contributed by atoms with Gasteiger partial charge >= 0.3 is 11.9 Å². The summed E-state index contributed by atoms with van der Waals surface area (Å²) in [6.07, 6.45) is 0.883. The number of benzene rings is 2. The van der Waals surface area contributed by atoms with Crippen molar-refractivity contribution in [3.63, 3.8) is 0 Å². The van der Waals surface area contributed by atoms with E-state index in [9.17, 15) is 19.2 Å². The molecule has 0 heterocycles. The van der Waals surface area contributed by atoms with Crippen molar-refractivity contribution in [2.24, 2.45) is 0 Å². The highest BCUT2D eigenvalue weighted by Gasteiger charge is 2.43. The summed E-state index contributed by atoms with van der Waals surface area (Å²) in [5.41, 5.74) is 2.15. The second-order valence-corrected chi connectivity index (χ2v) is 7.50. The molecule has 0 unspecified atom stereocenters. The molecule has 0 aromatic heterocycles. The van der Waals surface area contributed by atoms with E-state index in [1.54, 1.807) is 50.2 Å². The van der Waals surface area contributed by atoms with Gasteiger partial charge in [0.05, 0.1) is 11.1 Å². The molecule has 0 saturated heterocycles. The average molecular weight is 430 g/mol. The molecule has 0 N–H and O–H groups in total. The van der Waals surface area contributed by atoms with E-state index in [0.29, 0.717) is 17.5 Å². The molecule has 6 nitrogen and oxygen atoms in total. The summed E-state index contributed by atoms with van der Waals surface area (Å²) in [7, 11) is 0. The Morgan fingerprint density at radius 1 is 0.688 bits per heavy atom. The maximum absolute atomic E-state index is 13.6. The molecule has 162 valence electrons. The molecule has 2 aliphatic carbocycles. The van der Waals surface area contributed by atoms with Crippen LogP contribution in [0.2, 0.25) is 0 Å². The first-order valence-corrected chi connectivity index (χ1v) is 10.6. The van der Waals surface area contributed by atoms with Crippen molar-refractivity contribution in [3.05, 3.63) is 81.4 Å². The fraction of sp³-hybridized carbons (Fsp3) is 0.231. The van der Waals surface area contributed by atoms with Crippen LogP contribution in [0.1, 0.15) is 71.0 Å². The van der Waals surface area contributed by atoms with Crippen LogP contribution in [-0.2, 0) is 25.5 Å². The van der Waals surface area contributed by atoms with E-state index in [1.807, 2.05) is 13.0 Å². The summed E-state index contributed by atoms with van der Waals surface area (Å²) in [6.45, 7) is 5.25. The van der Waals surface area contributed by atoms with Crippen LogP contribution in [0.15, 0.2) is 53.6 Å². The van der Waals surface area contributed by atoms with Crippen LogP contribution in [-0.4, -0.2) is 23.5 Å². The van der Waals surface area contributed by atoms with Gasteiger partial charge in [-0.1, -0.05) is 57.2 Å². The van der Waals surface area contributed by atoms with Crippen LogP contribution in [0.3, 0.4) is 0 Å². The first-order chi connectivity index (χ1) is 15.4. The number of Topliss-reactive ketones (excluding diaryl/α,β-unsaturated/α-hetero) is 2. The van der Waals surface area contributed by atoms with Gasteiger partial charge in [-0.3, -0.25) is 19.2 Å². The largest absolute Gasteiger partial charge is 0.425 e. The molecule has 32 heavy (non-hydrogen) atoms. The van der Waals surface area contributed by atoms with Crippen molar-refractivity contribution >= 4 is 35.0 Å². The average Bonchev–Trinajstić information content (AvgIpc) is 2.82. The third-order valence-corrected chi connectivity index (χ3v) is 5.57. The number of fused-ring (bicyclic) bond motifs is 3. The second-order valence-electron chi connectivity index (χ2n) is 7.50. The summed E-state index contributed by atoms with van der Waals surface area (Å²) in [5, 5.41) is 0. The van der Waals surface area contributed by atoms with Crippen LogP contribution >= 0.6 is 0 Å². The molecule has 6 heteroatoms. The Kier molecular flexibility index (Phi) is 5.61. The number of ether oxygens (including phenoxy) is 2. The van der Waals surface area contributed by atoms with Gasteiger partial charge in [-0.2, -0.15) is 0 Å². The van der Waals surface area contributed by atoms with Crippen molar-refractivity contribution in [2.75, 3.05) is 0 Å². The number of hydrogen-bond donors (Lipinski definition) is 0. The summed E-state index contributed by atoms with van der Waals surface area (Å²) in [5.74, 6) is -1.93. The molecule has 2 aromatic carbocycles. The Labute approximate surface area is 185 Å². The predicted octanol–water partition coefficient (Wildman–Crippen LogP) is 4.67. The third kappa shape index (κ3) is 3.38. The Hall–Kier alpha value is -3.80. The first-order valence-electron chi connectivity index (χ1n) is 10.6. The lowest BCUT2D eigenvalue weighted by atomic mass is 9.76. The van der Waals surface area contributed by atoms with Crippen LogP contribution in [0.4, 0.5) is 0 Å². The van der Waals surface area contributed by atoms with Crippen LogP contribution in [0.5, 0.6) is 0 Å². The number of carbonyl (C=O) groups is 4. The summed E-state index contributed by atoms with van der Waals surface area (Å²) >= 11 is 0. The number of allylic oxidation sites excluding steroid dienone is 2. The molecular formula is C26H22O6. The quantitative estimate of drug-likeness (QED) is 0.641. The number of hydrogen-bond acceptors (Lipinski definition) is 6. The van der Waals surface area contributed by atoms with Crippen LogP contribution < -0.4 is 0 Å². The molecule has 0 aliphatic heterocycles. The van der Waals surface area contributed by atoms with E-state index in [1.165, 1.54) is 0 Å². The number of rotatable bonds is 5. The van der Waals surface area contributed by atoms with Crippen molar-refractivity contribution in [1.82, 2.24) is 0 Å². The lowest BCUT2D eigenvalue weighted by Gasteiger charge is -2.29. The fourth-order valence-electron chi connectivity index (χ4n) is 3.86. The van der Waals surface area contributed by atoms with E-state index < -0.39 is 23.5 Å². The molecule has 0 bridgehead atoms. The maximum atomic E-state index is 13.6. The lowest BCUT2D eigenvalue weighted by Crippen LogP contribution is -2.28. The highest BCUT2D eigenvalue weighted by molar-refractivity contribution is 6.34. The van der Waals surface area contributed by atoms with Crippen molar-refractivity contribution in [2.45, 2.75) is 40.0 Å². The Morgan fingerprint density at radius 2 is 1.19 bits per heavy atom. The molecule has 0 spiro atoms. The van der Waals surface area contributed by atoms with Crippen molar-refractivity contribution in [1.29, 1.82) is 0 Å². The molecule has 0 amide bonds. The second kappa shape index (κ2) is 8.38. The normalized spacial score (nSPS) is 14.6. The molecule has 2 aliphatic rings. The van der Waals surface area contributed by atoms with Gasteiger partial charge in [-0.15, -0.1) is 0 Å². The van der Waals surface area contributed by atoms with E-state index in [-0.39, 0.29) is 46.6 Å². The van der Waals surface area contributed by atoms with Gasteiger partial charge in [0.2, 0.25) is 0 Å². The van der Waals surface area contributed by atoms with E-state index in [2.05, 4.69) is 0 Å². The number of aryl methyl sites for hydroxylation is 1. The van der Waals surface area contributed by atoms with Crippen molar-refractivity contribution in [3.8, 4) is 0 Å². The Morgan fingerprint density at radius 3 is 1.72 bits per heavy atom. The number of ketones is 2. The van der Waals surface area contributed by atoms with E-state index >= 15 is 0 Å². The molecular weight excluding hydrogens is 408 g/mol. The zero-order valence-electron chi connectivity index (χ0n) is 18.1. The minimum atomic E-state index is -0.539. The van der Waals surface area contributed by atoms with Gasteiger partial charge in [-0.25, -0.2) is 0 Å². The fourth-order valence-corrected chi connectivity index (χ4v) is 3.86. The van der Waals surface area contributed by atoms with Crippen LogP contribution in [0.25, 0.3) is 11.5 Å². The SMILES string of the molecule is CCC(=O)OC1=C2C(=O)c3ccc(CC)cc3C(OC(=O)CC)=C2C(=O)c2ccccc21. The van der Waals surface area contributed by atoms with Gasteiger partial charge in [0.25, 0.3) is 0 Å². The summed E-state index contributed by atoms with van der Waals surface area (Å²) in [4.78, 5) is 51.7. The summed E-state index contributed by atoms with van der Waals surface area (Å²) in [6, 6.07) is 11.9. The summed E-state index contributed by atoms with van der Waals surface area (Å²) < 4.78 is 11.2. The Bertz CT molecular complexity index is 1240. The molecule has 0 saturated carbocycles. The molecule has 2 aromatic rings. The first kappa shape index (κ1) is 21.4. The minimum absolute atomic E-state index is 0.0160. The van der Waals surface area contributed by atoms with Crippen molar-refractivity contribution < 1.29 is 28.7 Å². The lowest BCUT2D eigenvalue weighted by molar-refractivity contribution is -0.137. The standard InChI is InChI=1S/C26H22O6/c1-4-14-11-12-16-18(13-14)26(32-20(28)6-3)22-21(24(16)30)25(31-19(27)5-2)17-10-8-7-9-15(17)23(22)29/h7-13H,4-6H2,1-3H3. The van der Waals surface area contributed by atoms with E-state index in [4.69, 9.17) is 9.47 Å². The van der Waals surface area contributed by atoms with Gasteiger partial charge in [-0.05, 0) is 18.1 Å². The minimum Gasteiger partial charge on any atom is -0.425 e. The zero-order chi connectivity index (χ0) is 23.0. The van der Waals surface area contributed by atoms with Gasteiger partial charge in [0, 0.05) is 35.1 Å². The van der Waals surface area contributed by atoms with Gasteiger partial charge in [0.15, 0.2) is 23.1 Å². The molecule has 0 fully saturated rings. The highest BCUT2D eigenvalue weighted by Crippen LogP contribution is 2.45. The number of esters is 2. The highest BCUT2D eigenvalue weighted by atomic mass is 16.5. The zero-order valence-corrected chi connectivity index (χ0v) is 18.1. The molecule has 0 atom stereocenters. The monoisotopic (exact) mass is 430 g/mol. The third-order valence-electron chi connectivity index (χ3n) is 5.57. The smallest absolute Gasteiger partial charge is 0.310 e.